The Labute approximate surface area is 172 Å². The summed E-state index contributed by atoms with van der Waals surface area (Å²) in [5.74, 6) is -0.186. The first-order valence-corrected chi connectivity index (χ1v) is 9.29. The van der Waals surface area contributed by atoms with Gasteiger partial charge in [-0.1, -0.05) is 68.5 Å². The second-order valence-corrected chi connectivity index (χ2v) is 5.81. The quantitative estimate of drug-likeness (QED) is 0.569. The number of likely N-dealkylation sites (N-methyl/N-ethyl adjacent to an activating group) is 1. The third-order valence-corrected chi connectivity index (χ3v) is 3.82. The number of hydrogen-bond acceptors (Lipinski definition) is 2. The van der Waals surface area contributed by atoms with Gasteiger partial charge in [0, 0.05) is 25.7 Å². The highest BCUT2D eigenvalue weighted by molar-refractivity contribution is 5.85. The van der Waals surface area contributed by atoms with Crippen molar-refractivity contribution in [2.24, 2.45) is 0 Å². The van der Waals surface area contributed by atoms with Gasteiger partial charge in [0.15, 0.2) is 0 Å². The number of nitrogens with one attached hydrogen (secondary N) is 1. The van der Waals surface area contributed by atoms with Crippen LogP contribution < -0.4 is 5.32 Å². The lowest BCUT2D eigenvalue weighted by Gasteiger charge is -2.24. The van der Waals surface area contributed by atoms with Crippen molar-refractivity contribution in [3.8, 4) is 0 Å². The van der Waals surface area contributed by atoms with Gasteiger partial charge < -0.3 is 10.2 Å². The summed E-state index contributed by atoms with van der Waals surface area (Å²) in [6.07, 6.45) is 11.1. The van der Waals surface area contributed by atoms with E-state index in [4.69, 9.17) is 0 Å². The Bertz CT molecular complexity index is 633. The van der Waals surface area contributed by atoms with Gasteiger partial charge in [-0.05, 0) is 39.0 Å². The van der Waals surface area contributed by atoms with E-state index in [1.54, 1.807) is 13.1 Å². The minimum absolute atomic E-state index is 0. The normalized spacial score (nSPS) is 14.0. The summed E-state index contributed by atoms with van der Waals surface area (Å²) in [5, 5.41) is 2.94. The van der Waals surface area contributed by atoms with Crippen molar-refractivity contribution in [3.05, 3.63) is 72.1 Å². The van der Waals surface area contributed by atoms with Gasteiger partial charge in [0.2, 0.25) is 0 Å². The van der Waals surface area contributed by atoms with Crippen LogP contribution in [0.5, 0.6) is 0 Å². The highest BCUT2D eigenvalue weighted by atomic mass is 35.5. The molecule has 0 amide bonds. The molecule has 0 fully saturated rings. The van der Waals surface area contributed by atoms with E-state index in [0.29, 0.717) is 5.69 Å². The fourth-order valence-electron chi connectivity index (χ4n) is 2.45. The van der Waals surface area contributed by atoms with E-state index < -0.39 is 0 Å². The van der Waals surface area contributed by atoms with Gasteiger partial charge in [-0.2, -0.15) is 0 Å². The standard InChI is InChI=1S/C13H17FN2.C8H12.C2H6.ClH/c1-15-13-11(6-3-7-12(13)14)10-5-4-8-16(2)9-10;1-4-6-7-8(3)5-2;1-2;/h3,5-7,15H,4,8-9H2,1-2H3;4-7H,2H2,1,3H3;1-2H3;1H/b;6-4-,8-7-;;. The molecule has 0 atom stereocenters. The molecule has 0 radical (unpaired) electrons. The molecule has 0 spiro atoms. The predicted octanol–water partition coefficient (Wildman–Crippen LogP) is 6.73. The molecule has 1 heterocycles. The third kappa shape index (κ3) is 10.2. The summed E-state index contributed by atoms with van der Waals surface area (Å²) in [6.45, 7) is 13.6. The van der Waals surface area contributed by atoms with E-state index in [2.05, 4.69) is 29.9 Å². The fourth-order valence-corrected chi connectivity index (χ4v) is 2.45. The van der Waals surface area contributed by atoms with Crippen molar-refractivity contribution in [1.29, 1.82) is 0 Å². The maximum absolute atomic E-state index is 13.6. The number of benzene rings is 1. The highest BCUT2D eigenvalue weighted by Gasteiger charge is 2.15. The summed E-state index contributed by atoms with van der Waals surface area (Å²) >= 11 is 0. The number of halogens is 2. The minimum atomic E-state index is -0.186. The second kappa shape index (κ2) is 16.3. The lowest BCUT2D eigenvalue weighted by Crippen LogP contribution is -2.25. The Morgan fingerprint density at radius 3 is 2.48 bits per heavy atom. The van der Waals surface area contributed by atoms with Crippen molar-refractivity contribution in [3.63, 3.8) is 0 Å². The molecule has 2 rings (SSSR count). The summed E-state index contributed by atoms with van der Waals surface area (Å²) in [5.41, 5.74) is 3.99. The molecular formula is C23H36ClFN2. The molecule has 0 saturated heterocycles. The van der Waals surface area contributed by atoms with Crippen LogP contribution in [0.1, 0.15) is 39.7 Å². The summed E-state index contributed by atoms with van der Waals surface area (Å²) in [4.78, 5) is 2.25. The molecule has 1 aliphatic heterocycles. The molecular weight excluding hydrogens is 359 g/mol. The van der Waals surface area contributed by atoms with Crippen molar-refractivity contribution < 1.29 is 4.39 Å². The average Bonchev–Trinajstić information content (AvgIpc) is 2.68. The van der Waals surface area contributed by atoms with E-state index in [9.17, 15) is 4.39 Å². The molecule has 1 aliphatic rings. The van der Waals surface area contributed by atoms with Gasteiger partial charge in [0.25, 0.3) is 0 Å². The Balaban J connectivity index is 0. The molecule has 0 saturated carbocycles. The monoisotopic (exact) mass is 394 g/mol. The van der Waals surface area contributed by atoms with Crippen LogP contribution in [-0.2, 0) is 0 Å². The average molecular weight is 395 g/mol. The number of hydrogen-bond donors (Lipinski definition) is 1. The van der Waals surface area contributed by atoms with E-state index in [1.807, 2.05) is 58.1 Å². The molecule has 0 bridgehead atoms. The lowest BCUT2D eigenvalue weighted by atomic mass is 9.99. The summed E-state index contributed by atoms with van der Waals surface area (Å²) in [7, 11) is 3.85. The highest BCUT2D eigenvalue weighted by Crippen LogP contribution is 2.28. The van der Waals surface area contributed by atoms with Crippen LogP contribution in [0.2, 0.25) is 0 Å². The molecule has 27 heavy (non-hydrogen) atoms. The molecule has 152 valence electrons. The molecule has 1 aromatic rings. The lowest BCUT2D eigenvalue weighted by molar-refractivity contribution is 0.373. The van der Waals surface area contributed by atoms with Crippen molar-refractivity contribution in [1.82, 2.24) is 4.90 Å². The number of para-hydroxylation sites is 1. The largest absolute Gasteiger partial charge is 0.385 e. The van der Waals surface area contributed by atoms with Gasteiger partial charge in [0.1, 0.15) is 5.82 Å². The number of allylic oxidation sites excluding steroid dienone is 5. The SMILES string of the molecule is C=C/C(C)=C\C=C/C.CC.CNc1c(F)cccc1C1=CCCN(C)C1.Cl. The zero-order valence-corrected chi connectivity index (χ0v) is 18.5. The van der Waals surface area contributed by atoms with Gasteiger partial charge >= 0.3 is 0 Å². The molecule has 1 N–H and O–H groups in total. The van der Waals surface area contributed by atoms with Gasteiger partial charge in [-0.25, -0.2) is 4.39 Å². The van der Waals surface area contributed by atoms with Crippen molar-refractivity contribution in [2.75, 3.05) is 32.5 Å². The maximum Gasteiger partial charge on any atom is 0.146 e. The first-order chi connectivity index (χ1) is 12.5. The minimum Gasteiger partial charge on any atom is -0.385 e. The zero-order valence-electron chi connectivity index (χ0n) is 17.7. The Morgan fingerprint density at radius 1 is 1.30 bits per heavy atom. The van der Waals surface area contributed by atoms with Gasteiger partial charge in [-0.3, -0.25) is 0 Å². The molecule has 0 aliphatic carbocycles. The van der Waals surface area contributed by atoms with Crippen LogP contribution in [0.15, 0.2) is 60.7 Å². The predicted molar refractivity (Wildman–Crippen MR) is 123 cm³/mol. The molecule has 0 unspecified atom stereocenters. The molecule has 0 aromatic heterocycles. The number of rotatable bonds is 4. The van der Waals surface area contributed by atoms with E-state index in [0.717, 1.165) is 25.1 Å². The number of anilines is 1. The van der Waals surface area contributed by atoms with Crippen molar-refractivity contribution >= 4 is 23.7 Å². The van der Waals surface area contributed by atoms with Gasteiger partial charge in [0.05, 0.1) is 5.69 Å². The van der Waals surface area contributed by atoms with Crippen LogP contribution >= 0.6 is 12.4 Å². The Kier molecular flexibility index (Phi) is 16.6. The molecule has 1 aromatic carbocycles. The van der Waals surface area contributed by atoms with E-state index in [1.165, 1.54) is 17.2 Å². The van der Waals surface area contributed by atoms with Crippen LogP contribution in [-0.4, -0.2) is 32.1 Å². The topological polar surface area (TPSA) is 15.3 Å². The van der Waals surface area contributed by atoms with Crippen LogP contribution in [0.25, 0.3) is 5.57 Å². The summed E-state index contributed by atoms with van der Waals surface area (Å²) in [6, 6.07) is 5.23. The van der Waals surface area contributed by atoms with Crippen LogP contribution in [0.3, 0.4) is 0 Å². The van der Waals surface area contributed by atoms with Crippen LogP contribution in [0.4, 0.5) is 10.1 Å². The van der Waals surface area contributed by atoms with E-state index >= 15 is 0 Å². The smallest absolute Gasteiger partial charge is 0.146 e. The first-order valence-electron chi connectivity index (χ1n) is 9.29. The fraction of sp³-hybridized carbons (Fsp3) is 0.391. The first kappa shape index (κ1) is 27.4. The molecule has 4 heteroatoms. The van der Waals surface area contributed by atoms with E-state index in [-0.39, 0.29) is 18.2 Å². The van der Waals surface area contributed by atoms with Crippen LogP contribution in [0, 0.1) is 5.82 Å². The second-order valence-electron chi connectivity index (χ2n) is 5.81. The van der Waals surface area contributed by atoms with Gasteiger partial charge in [-0.15, -0.1) is 12.4 Å². The Morgan fingerprint density at radius 2 is 1.96 bits per heavy atom. The Hall–Kier alpha value is -1.84. The summed E-state index contributed by atoms with van der Waals surface area (Å²) < 4.78 is 13.6. The third-order valence-electron chi connectivity index (χ3n) is 3.82. The maximum atomic E-state index is 13.6. The molecule has 2 nitrogen and oxygen atoms in total. The zero-order chi connectivity index (χ0) is 19.9. The van der Waals surface area contributed by atoms with Crippen molar-refractivity contribution in [2.45, 2.75) is 34.1 Å². The number of nitrogens with zero attached hydrogens (tertiary/aromatic N) is 1.